The number of rotatable bonds is 23. The van der Waals surface area contributed by atoms with Crippen molar-refractivity contribution < 1.29 is 71.9 Å². The van der Waals surface area contributed by atoms with Gasteiger partial charge < -0.3 is 79.4 Å². The minimum atomic E-state index is -0.868. The fraction of sp³-hybridized carbons (Fsp3) is 0.470. The number of fused-ring (bicyclic) bond motifs is 2. The highest BCUT2D eigenvalue weighted by atomic mass is 16.6. The van der Waals surface area contributed by atoms with E-state index in [0.717, 1.165) is 221 Å². The van der Waals surface area contributed by atoms with Gasteiger partial charge in [0, 0.05) is 37.3 Å². The van der Waals surface area contributed by atoms with E-state index < -0.39 is 59.9 Å². The molecule has 0 bridgehead atoms. The monoisotopic (exact) mass is 1770 g/mol. The van der Waals surface area contributed by atoms with Crippen LogP contribution in [0.3, 0.4) is 0 Å². The number of esters is 1. The Hall–Kier alpha value is -12.9. The number of nitrogens with zero attached hydrogens (tertiary/aromatic N) is 8. The zero-order chi connectivity index (χ0) is 92.0. The maximum Gasteiger partial charge on any atom is 0.410 e. The SMILES string of the molecule is COC(=O)C[C@@H](C(=O)O)C1CCCCC1.COC(=O)N[C@H](C(=O)N1CCC[C@H]1c1ncc(-c2ccc3cc(-c4ccc(-c5cnc([C@@H]6CCCN6C(=O)OC(C)(C)C)[nH]5)cc4)ccc3c2)[nH]1)C(C)C.COC(=O)N[C@H](C(=O)N1CCC[C@H]1c1ncc(-c2ccc3cc(-c4ccc(-c5cnc([C@@H]6CCCN6C(=O)[C@H](NC(=O)OC)C6CCCCC6)[nH]5)cc4)ccc3c2)[nH]1)C(C)C. The van der Waals surface area contributed by atoms with Gasteiger partial charge in [-0.2, -0.15) is 0 Å². The van der Waals surface area contributed by atoms with Crippen LogP contribution in [0.4, 0.5) is 19.2 Å². The van der Waals surface area contributed by atoms with E-state index in [4.69, 9.17) is 39.0 Å². The Labute approximate surface area is 758 Å². The molecule has 8 atom stereocenters. The molecule has 6 fully saturated rings. The van der Waals surface area contributed by atoms with E-state index in [0.29, 0.717) is 26.2 Å². The van der Waals surface area contributed by atoms with E-state index in [9.17, 15) is 43.2 Å². The predicted molar refractivity (Wildman–Crippen MR) is 494 cm³/mol. The smallest absolute Gasteiger partial charge is 0.410 e. The largest absolute Gasteiger partial charge is 0.481 e. The number of carbonyl (C=O) groups excluding carboxylic acids is 8. The lowest BCUT2D eigenvalue weighted by molar-refractivity contribution is -0.152. The van der Waals surface area contributed by atoms with Gasteiger partial charge in [0.1, 0.15) is 47.0 Å². The van der Waals surface area contributed by atoms with Crippen LogP contribution in [0.15, 0.2) is 146 Å². The summed E-state index contributed by atoms with van der Waals surface area (Å²) in [5, 5.41) is 21.8. The first-order valence-corrected chi connectivity index (χ1v) is 45.9. The lowest BCUT2D eigenvalue weighted by atomic mass is 9.78. The van der Waals surface area contributed by atoms with Gasteiger partial charge in [0.05, 0.1) is 113 Å². The number of carboxylic acid groups (broad SMARTS) is 1. The van der Waals surface area contributed by atoms with Gasteiger partial charge in [0.25, 0.3) is 0 Å². The summed E-state index contributed by atoms with van der Waals surface area (Å²) in [5.74, 6) is 0.877. The van der Waals surface area contributed by atoms with Crippen molar-refractivity contribution >= 4 is 75.6 Å². The second-order valence-corrected chi connectivity index (χ2v) is 36.7. The van der Waals surface area contributed by atoms with Crippen LogP contribution in [-0.4, -0.2) is 197 Å². The van der Waals surface area contributed by atoms with Crippen LogP contribution in [-0.2, 0) is 47.7 Å². The molecule has 8 N–H and O–H groups in total. The number of benzene rings is 6. The fourth-order valence-corrected chi connectivity index (χ4v) is 19.2. The molecule has 6 aromatic carbocycles. The number of likely N-dealkylation sites (tertiary alicyclic amines) is 4. The second kappa shape index (κ2) is 42.1. The second-order valence-electron chi connectivity index (χ2n) is 36.7. The van der Waals surface area contributed by atoms with Crippen LogP contribution >= 0.6 is 0 Å². The Balaban J connectivity index is 0.000000182. The Morgan fingerprint density at radius 3 is 1.05 bits per heavy atom. The maximum atomic E-state index is 14.0. The summed E-state index contributed by atoms with van der Waals surface area (Å²) in [7, 11) is 5.22. The number of imidazole rings is 4. The summed E-state index contributed by atoms with van der Waals surface area (Å²) >= 11 is 0. The molecular weight excluding hydrogens is 1650 g/mol. The van der Waals surface area contributed by atoms with Gasteiger partial charge in [0.15, 0.2) is 0 Å². The number of hydrogen-bond donors (Lipinski definition) is 8. The Morgan fingerprint density at radius 1 is 0.385 bits per heavy atom. The molecule has 130 heavy (non-hydrogen) atoms. The first kappa shape index (κ1) is 93.3. The fourth-order valence-electron chi connectivity index (χ4n) is 19.2. The number of carbonyl (C=O) groups is 9. The van der Waals surface area contributed by atoms with Gasteiger partial charge >= 0.3 is 36.3 Å². The van der Waals surface area contributed by atoms with E-state index in [-0.39, 0.29) is 78.1 Å². The Morgan fingerprint density at radius 2 is 0.700 bits per heavy atom. The average molecular weight is 1780 g/mol. The van der Waals surface area contributed by atoms with Crippen LogP contribution in [0.25, 0.3) is 88.8 Å². The Bertz CT molecular complexity index is 5640. The van der Waals surface area contributed by atoms with Gasteiger partial charge in [-0.05, 0) is 201 Å². The molecule has 2 saturated carbocycles. The number of H-pyrrole nitrogens is 4. The van der Waals surface area contributed by atoms with Crippen LogP contribution in [0, 0.1) is 29.6 Å². The summed E-state index contributed by atoms with van der Waals surface area (Å²) in [5.41, 5.74) is 11.4. The summed E-state index contributed by atoms with van der Waals surface area (Å²) in [6, 6.07) is 39.8. The molecule has 0 unspecified atom stereocenters. The van der Waals surface area contributed by atoms with Crippen LogP contribution in [0.1, 0.15) is 218 Å². The zero-order valence-electron chi connectivity index (χ0n) is 76.3. The number of hydrogen-bond acceptors (Lipinski definition) is 18. The predicted octanol–water partition coefficient (Wildman–Crippen LogP) is 18.5. The van der Waals surface area contributed by atoms with Crippen molar-refractivity contribution in [2.24, 2.45) is 29.6 Å². The number of aliphatic carboxylic acids is 1. The molecule has 2 aliphatic carbocycles. The molecular formula is C100H123N15O15. The number of amides is 7. The molecule has 4 saturated heterocycles. The first-order chi connectivity index (χ1) is 62.6. The molecule has 8 heterocycles. The minimum absolute atomic E-state index is 0.0104. The van der Waals surface area contributed by atoms with E-state index in [1.165, 1.54) is 34.9 Å². The van der Waals surface area contributed by atoms with Crippen molar-refractivity contribution in [3.05, 3.63) is 169 Å². The van der Waals surface area contributed by atoms with Gasteiger partial charge in [-0.25, -0.2) is 39.1 Å². The number of nitrogens with one attached hydrogen (secondary N) is 7. The third kappa shape index (κ3) is 22.2. The molecule has 4 aliphatic heterocycles. The quantitative estimate of drug-likeness (QED) is 0.0218. The van der Waals surface area contributed by atoms with Crippen molar-refractivity contribution in [2.75, 3.05) is 54.6 Å². The number of alkyl carbamates (subject to hydrolysis) is 3. The van der Waals surface area contributed by atoms with Crippen LogP contribution < -0.4 is 16.0 Å². The molecule has 0 radical (unpaired) electrons. The van der Waals surface area contributed by atoms with Gasteiger partial charge in [-0.15, -0.1) is 0 Å². The van der Waals surface area contributed by atoms with Crippen molar-refractivity contribution in [3.63, 3.8) is 0 Å². The number of aromatic nitrogens is 8. The lowest BCUT2D eigenvalue weighted by Crippen LogP contribution is -2.52. The summed E-state index contributed by atoms with van der Waals surface area (Å²) in [6.45, 7) is 15.8. The molecule has 10 aromatic rings. The third-order valence-electron chi connectivity index (χ3n) is 26.3. The zero-order valence-corrected chi connectivity index (χ0v) is 76.3. The van der Waals surface area contributed by atoms with Crippen molar-refractivity contribution in [3.8, 4) is 67.3 Å². The van der Waals surface area contributed by atoms with Crippen molar-refractivity contribution in [1.82, 2.24) is 75.4 Å². The highest BCUT2D eigenvalue weighted by Gasteiger charge is 2.43. The topological polar surface area (TPSA) is 384 Å². The molecule has 6 aliphatic rings. The lowest BCUT2D eigenvalue weighted by Gasteiger charge is -2.34. The van der Waals surface area contributed by atoms with Crippen LogP contribution in [0.5, 0.6) is 0 Å². The number of methoxy groups -OCH3 is 4. The van der Waals surface area contributed by atoms with E-state index >= 15 is 0 Å². The summed E-state index contributed by atoms with van der Waals surface area (Å²) < 4.78 is 24.6. The number of carboxylic acids is 1. The van der Waals surface area contributed by atoms with E-state index in [1.807, 2.05) is 88.0 Å². The molecule has 688 valence electrons. The molecule has 7 amide bonds. The minimum Gasteiger partial charge on any atom is -0.481 e. The summed E-state index contributed by atoms with van der Waals surface area (Å²) in [6.07, 6.45) is 22.2. The van der Waals surface area contributed by atoms with E-state index in [2.05, 4.69) is 167 Å². The molecule has 0 spiro atoms. The van der Waals surface area contributed by atoms with Gasteiger partial charge in [0.2, 0.25) is 17.7 Å². The van der Waals surface area contributed by atoms with E-state index in [1.54, 1.807) is 4.90 Å². The maximum absolute atomic E-state index is 14.0. The number of aromatic amines is 4. The standard InChI is InChI=1S/C47H56N8O6.C42H49N7O5.C11H18O4/c1-28(2)40(52-46(58)60-3)44(56)54-22-8-12-38(54)43-49-27-37(51-43)35-21-20-33-24-32(18-19-34(33)25-35)29-14-16-30(17-15-29)36-26-48-42(50-36)39-13-9-23-55(39)45(57)41(53-47(59)61-4)31-10-6-5-7-11-31;1-25(2)36(47-40(51)53-6)39(50)48-19-7-9-34(48)37-44-24-33(46-37)31-18-17-29-21-28(15-16-30(29)22-31)26-11-13-27(14-12-26)32-23-43-38(45-32)35-10-8-20-49(35)41(52)54-42(3,4)5;1-15-10(12)7-9(11(13)14)8-5-3-2-4-6-8/h14-21,24-28,31,38-41H,5-13,22-23H2,1-4H3,(H,48,50)(H,49,51)(H,52,58)(H,53,59);11-18,21-25,34-36H,7-10,19-20H2,1-6H3,(H,43,45)(H,44,46)(H,47,51);8-9H,2-7H2,1H3,(H,13,14)/t38-,39-,40-,41+;34-,35-,36-;9-/m001/s1. The molecule has 30 heteroatoms. The highest BCUT2D eigenvalue weighted by Crippen LogP contribution is 2.42. The highest BCUT2D eigenvalue weighted by molar-refractivity contribution is 5.93. The average Bonchev–Trinajstić information content (AvgIpc) is 1.58. The van der Waals surface area contributed by atoms with Gasteiger partial charge in [-0.3, -0.25) is 28.9 Å². The molecule has 16 rings (SSSR count). The molecule has 30 nitrogen and oxygen atoms in total. The van der Waals surface area contributed by atoms with Crippen LogP contribution in [0.2, 0.25) is 0 Å². The third-order valence-corrected chi connectivity index (χ3v) is 26.3. The molecule has 4 aromatic heterocycles. The normalized spacial score (nSPS) is 18.7. The van der Waals surface area contributed by atoms with Crippen molar-refractivity contribution in [1.29, 1.82) is 0 Å². The first-order valence-electron chi connectivity index (χ1n) is 45.9. The number of ether oxygens (including phenoxy) is 5. The Kier molecular flexibility index (Phi) is 30.2. The van der Waals surface area contributed by atoms with Gasteiger partial charge in [-0.1, -0.05) is 163 Å². The summed E-state index contributed by atoms with van der Waals surface area (Å²) in [4.78, 5) is 152. The van der Waals surface area contributed by atoms with Crippen molar-refractivity contribution in [2.45, 2.75) is 218 Å².